The highest BCUT2D eigenvalue weighted by atomic mass is 35.5. The van der Waals surface area contributed by atoms with Crippen LogP contribution < -0.4 is 5.32 Å². The Hall–Kier alpha value is -2.80. The SMILES string of the molecule is O=[N+]([O-])c1cnc(Cl)nc1NCc1ccc2ncccc2c1. The van der Waals surface area contributed by atoms with Gasteiger partial charge in [0, 0.05) is 18.1 Å². The van der Waals surface area contributed by atoms with Crippen molar-refractivity contribution >= 4 is 34.0 Å². The minimum Gasteiger partial charge on any atom is -0.360 e. The molecule has 1 aromatic carbocycles. The molecule has 0 fully saturated rings. The Bertz CT molecular complexity index is 856. The first-order valence-corrected chi connectivity index (χ1v) is 6.76. The molecule has 1 N–H and O–H groups in total. The molecular formula is C14H10ClN5O2. The molecule has 3 rings (SSSR count). The van der Waals surface area contributed by atoms with Crippen LogP contribution in [0.1, 0.15) is 5.56 Å². The zero-order chi connectivity index (χ0) is 15.5. The summed E-state index contributed by atoms with van der Waals surface area (Å²) < 4.78 is 0. The van der Waals surface area contributed by atoms with Crippen molar-refractivity contribution in [2.45, 2.75) is 6.54 Å². The van der Waals surface area contributed by atoms with Gasteiger partial charge in [-0.3, -0.25) is 15.1 Å². The van der Waals surface area contributed by atoms with Crippen LogP contribution in [-0.4, -0.2) is 19.9 Å². The standard InChI is InChI=1S/C14H10ClN5O2/c15-14-18-8-12(20(21)22)13(19-14)17-7-9-3-4-11-10(6-9)2-1-5-16-11/h1-6,8H,7H2,(H,17,18,19). The van der Waals surface area contributed by atoms with Gasteiger partial charge in [0.05, 0.1) is 10.4 Å². The van der Waals surface area contributed by atoms with Crippen molar-refractivity contribution < 1.29 is 4.92 Å². The predicted molar refractivity (Wildman–Crippen MR) is 82.8 cm³/mol. The zero-order valence-electron chi connectivity index (χ0n) is 11.2. The second kappa shape index (κ2) is 5.90. The molecular weight excluding hydrogens is 306 g/mol. The smallest absolute Gasteiger partial charge is 0.329 e. The fraction of sp³-hybridized carbons (Fsp3) is 0.0714. The van der Waals surface area contributed by atoms with Crippen LogP contribution in [0.5, 0.6) is 0 Å². The summed E-state index contributed by atoms with van der Waals surface area (Å²) in [5.41, 5.74) is 1.62. The van der Waals surface area contributed by atoms with Gasteiger partial charge in [0.15, 0.2) is 0 Å². The molecule has 2 aromatic heterocycles. The molecule has 0 unspecified atom stereocenters. The molecule has 8 heteroatoms. The van der Waals surface area contributed by atoms with Gasteiger partial charge < -0.3 is 5.32 Å². The quantitative estimate of drug-likeness (QED) is 0.451. The maximum Gasteiger partial charge on any atom is 0.329 e. The van der Waals surface area contributed by atoms with E-state index in [9.17, 15) is 10.1 Å². The molecule has 0 aliphatic carbocycles. The number of nitrogens with zero attached hydrogens (tertiary/aromatic N) is 4. The number of hydrogen-bond acceptors (Lipinski definition) is 6. The third-order valence-electron chi connectivity index (χ3n) is 3.06. The molecule has 0 bridgehead atoms. The van der Waals surface area contributed by atoms with E-state index in [0.29, 0.717) is 6.54 Å². The molecule has 0 saturated carbocycles. The predicted octanol–water partition coefficient (Wildman–Crippen LogP) is 3.20. The highest BCUT2D eigenvalue weighted by molar-refractivity contribution is 6.28. The largest absolute Gasteiger partial charge is 0.360 e. The first-order chi connectivity index (χ1) is 10.6. The van der Waals surface area contributed by atoms with Gasteiger partial charge in [-0.05, 0) is 35.4 Å². The second-order valence-electron chi connectivity index (χ2n) is 4.51. The lowest BCUT2D eigenvalue weighted by molar-refractivity contribution is -0.384. The molecule has 0 aliphatic rings. The molecule has 0 saturated heterocycles. The molecule has 3 aromatic rings. The minimum absolute atomic E-state index is 0.0455. The Balaban J connectivity index is 1.84. The molecule has 0 radical (unpaired) electrons. The fourth-order valence-corrected chi connectivity index (χ4v) is 2.17. The van der Waals surface area contributed by atoms with Crippen LogP contribution in [0.2, 0.25) is 5.28 Å². The summed E-state index contributed by atoms with van der Waals surface area (Å²) in [4.78, 5) is 22.1. The molecule has 0 aliphatic heterocycles. The number of nitrogens with one attached hydrogen (secondary N) is 1. The molecule has 0 atom stereocenters. The van der Waals surface area contributed by atoms with E-state index < -0.39 is 4.92 Å². The summed E-state index contributed by atoms with van der Waals surface area (Å²) in [6.45, 7) is 0.374. The van der Waals surface area contributed by atoms with Gasteiger partial charge in [-0.25, -0.2) is 4.98 Å². The van der Waals surface area contributed by atoms with E-state index in [1.807, 2.05) is 30.3 Å². The monoisotopic (exact) mass is 315 g/mol. The van der Waals surface area contributed by atoms with E-state index in [1.54, 1.807) is 6.20 Å². The van der Waals surface area contributed by atoms with Crippen molar-refractivity contribution in [3.63, 3.8) is 0 Å². The minimum atomic E-state index is -0.553. The van der Waals surface area contributed by atoms with Crippen molar-refractivity contribution in [3.05, 3.63) is 63.7 Å². The number of anilines is 1. The fourth-order valence-electron chi connectivity index (χ4n) is 2.04. The lowest BCUT2D eigenvalue weighted by Crippen LogP contribution is -2.05. The van der Waals surface area contributed by atoms with E-state index in [1.165, 1.54) is 0 Å². The first kappa shape index (κ1) is 14.2. The number of pyridine rings is 1. The summed E-state index contributed by atoms with van der Waals surface area (Å²) in [6, 6.07) is 9.57. The third-order valence-corrected chi connectivity index (χ3v) is 3.25. The molecule has 0 spiro atoms. The highest BCUT2D eigenvalue weighted by Gasteiger charge is 2.16. The van der Waals surface area contributed by atoms with Gasteiger partial charge in [-0.2, -0.15) is 4.98 Å². The molecule has 22 heavy (non-hydrogen) atoms. The Labute approximate surface area is 130 Å². The summed E-state index contributed by atoms with van der Waals surface area (Å²) in [5, 5.41) is 14.8. The van der Waals surface area contributed by atoms with Crippen LogP contribution in [0.3, 0.4) is 0 Å². The summed E-state index contributed by atoms with van der Waals surface area (Å²) in [6.07, 6.45) is 2.81. The van der Waals surface area contributed by atoms with E-state index in [4.69, 9.17) is 11.6 Å². The van der Waals surface area contributed by atoms with Crippen LogP contribution >= 0.6 is 11.6 Å². The highest BCUT2D eigenvalue weighted by Crippen LogP contribution is 2.23. The lowest BCUT2D eigenvalue weighted by atomic mass is 10.1. The Morgan fingerprint density at radius 3 is 2.95 bits per heavy atom. The maximum absolute atomic E-state index is 11.0. The van der Waals surface area contributed by atoms with Crippen molar-refractivity contribution in [3.8, 4) is 0 Å². The van der Waals surface area contributed by atoms with Crippen molar-refractivity contribution in [1.29, 1.82) is 0 Å². The van der Waals surface area contributed by atoms with E-state index in [-0.39, 0.29) is 16.8 Å². The number of fused-ring (bicyclic) bond motifs is 1. The summed E-state index contributed by atoms with van der Waals surface area (Å²) >= 11 is 5.69. The van der Waals surface area contributed by atoms with E-state index in [2.05, 4.69) is 20.3 Å². The number of aromatic nitrogens is 3. The van der Waals surface area contributed by atoms with E-state index in [0.717, 1.165) is 22.7 Å². The third kappa shape index (κ3) is 2.94. The van der Waals surface area contributed by atoms with E-state index >= 15 is 0 Å². The summed E-state index contributed by atoms with van der Waals surface area (Å²) in [5.74, 6) is 0.0938. The number of benzene rings is 1. The zero-order valence-corrected chi connectivity index (χ0v) is 12.0. The molecule has 2 heterocycles. The van der Waals surface area contributed by atoms with Crippen LogP contribution in [0.15, 0.2) is 42.7 Å². The Kier molecular flexibility index (Phi) is 3.80. The summed E-state index contributed by atoms with van der Waals surface area (Å²) in [7, 11) is 0. The first-order valence-electron chi connectivity index (χ1n) is 6.38. The van der Waals surface area contributed by atoms with Crippen molar-refractivity contribution in [1.82, 2.24) is 15.0 Å². The number of rotatable bonds is 4. The normalized spacial score (nSPS) is 10.6. The van der Waals surface area contributed by atoms with Gasteiger partial charge in [0.1, 0.15) is 6.20 Å². The number of nitro groups is 1. The Morgan fingerprint density at radius 1 is 1.27 bits per heavy atom. The van der Waals surface area contributed by atoms with Crippen molar-refractivity contribution in [2.24, 2.45) is 0 Å². The number of hydrogen-bond donors (Lipinski definition) is 1. The van der Waals surface area contributed by atoms with Crippen molar-refractivity contribution in [2.75, 3.05) is 5.32 Å². The molecule has 0 amide bonds. The van der Waals surface area contributed by atoms with Gasteiger partial charge in [-0.15, -0.1) is 0 Å². The second-order valence-corrected chi connectivity index (χ2v) is 4.85. The molecule has 110 valence electrons. The van der Waals surface area contributed by atoms with Crippen LogP contribution in [0, 0.1) is 10.1 Å². The Morgan fingerprint density at radius 2 is 2.14 bits per heavy atom. The topological polar surface area (TPSA) is 93.8 Å². The van der Waals surface area contributed by atoms with Crippen LogP contribution in [0.4, 0.5) is 11.5 Å². The van der Waals surface area contributed by atoms with Gasteiger partial charge in [-0.1, -0.05) is 12.1 Å². The average Bonchev–Trinajstić information content (AvgIpc) is 2.52. The van der Waals surface area contributed by atoms with Gasteiger partial charge in [0.2, 0.25) is 11.1 Å². The lowest BCUT2D eigenvalue weighted by Gasteiger charge is -2.07. The van der Waals surface area contributed by atoms with Gasteiger partial charge in [0.25, 0.3) is 0 Å². The van der Waals surface area contributed by atoms with Crippen LogP contribution in [0.25, 0.3) is 10.9 Å². The van der Waals surface area contributed by atoms with Gasteiger partial charge >= 0.3 is 5.69 Å². The average molecular weight is 316 g/mol. The maximum atomic E-state index is 11.0. The molecule has 7 nitrogen and oxygen atoms in total. The van der Waals surface area contributed by atoms with Crippen LogP contribution in [-0.2, 0) is 6.54 Å². The number of halogens is 1.